The zero-order chi connectivity index (χ0) is 23.4. The van der Waals surface area contributed by atoms with Gasteiger partial charge in [-0.3, -0.25) is 9.59 Å². The van der Waals surface area contributed by atoms with Crippen molar-refractivity contribution in [2.24, 2.45) is 0 Å². The highest BCUT2D eigenvalue weighted by molar-refractivity contribution is 6.05. The molecule has 3 rings (SSSR count). The van der Waals surface area contributed by atoms with E-state index in [1.165, 1.54) is 0 Å². The molecule has 7 nitrogen and oxygen atoms in total. The second kappa shape index (κ2) is 9.94. The lowest BCUT2D eigenvalue weighted by Crippen LogP contribution is -2.31. The van der Waals surface area contributed by atoms with Crippen molar-refractivity contribution in [1.29, 1.82) is 0 Å². The van der Waals surface area contributed by atoms with Crippen molar-refractivity contribution in [3.8, 4) is 0 Å². The summed E-state index contributed by atoms with van der Waals surface area (Å²) in [5.74, 6) is -0.0609. The van der Waals surface area contributed by atoms with Crippen molar-refractivity contribution in [3.05, 3.63) is 58.9 Å². The molecule has 32 heavy (non-hydrogen) atoms. The van der Waals surface area contributed by atoms with Gasteiger partial charge in [0.1, 0.15) is 0 Å². The molecule has 2 heterocycles. The summed E-state index contributed by atoms with van der Waals surface area (Å²) in [6.07, 6.45) is 2.60. The van der Waals surface area contributed by atoms with Gasteiger partial charge in [0.25, 0.3) is 11.8 Å². The second-order valence-electron chi connectivity index (χ2n) is 8.83. The van der Waals surface area contributed by atoms with Crippen LogP contribution in [0.15, 0.2) is 36.5 Å². The normalized spacial score (nSPS) is 12.4. The molecule has 0 spiro atoms. The third-order valence-corrected chi connectivity index (χ3v) is 5.57. The Morgan fingerprint density at radius 3 is 2.31 bits per heavy atom. The van der Waals surface area contributed by atoms with E-state index in [1.54, 1.807) is 18.3 Å². The SMILES string of the molecule is CC[C@@H](C)NC(=O)c1ccc(CNC(=O)c2cc(C(C)C)nc3c2cnn3C(C)C)cc1. The average Bonchev–Trinajstić information content (AvgIpc) is 3.21. The summed E-state index contributed by atoms with van der Waals surface area (Å²) in [5, 5.41) is 11.1. The summed E-state index contributed by atoms with van der Waals surface area (Å²) in [6.45, 7) is 12.6. The number of nitrogens with one attached hydrogen (secondary N) is 2. The molecule has 3 aromatic rings. The van der Waals surface area contributed by atoms with Gasteiger partial charge in [-0.1, -0.05) is 32.9 Å². The molecule has 0 aliphatic rings. The largest absolute Gasteiger partial charge is 0.350 e. The van der Waals surface area contributed by atoms with Gasteiger partial charge in [-0.25, -0.2) is 9.67 Å². The van der Waals surface area contributed by atoms with Gasteiger partial charge >= 0.3 is 0 Å². The first-order valence-electron chi connectivity index (χ1n) is 11.3. The van der Waals surface area contributed by atoms with Crippen LogP contribution in [0.25, 0.3) is 11.0 Å². The van der Waals surface area contributed by atoms with Crippen LogP contribution in [-0.4, -0.2) is 32.6 Å². The van der Waals surface area contributed by atoms with Crippen LogP contribution in [0.2, 0.25) is 0 Å². The first-order valence-corrected chi connectivity index (χ1v) is 11.3. The molecule has 0 saturated heterocycles. The fourth-order valence-corrected chi connectivity index (χ4v) is 3.36. The van der Waals surface area contributed by atoms with E-state index in [0.29, 0.717) is 17.7 Å². The van der Waals surface area contributed by atoms with Gasteiger partial charge in [0, 0.05) is 29.9 Å². The van der Waals surface area contributed by atoms with E-state index in [4.69, 9.17) is 4.98 Å². The monoisotopic (exact) mass is 435 g/mol. The second-order valence-corrected chi connectivity index (χ2v) is 8.83. The van der Waals surface area contributed by atoms with Crippen LogP contribution in [0.4, 0.5) is 0 Å². The maximum absolute atomic E-state index is 13.1. The summed E-state index contributed by atoms with van der Waals surface area (Å²) < 4.78 is 1.85. The van der Waals surface area contributed by atoms with E-state index >= 15 is 0 Å². The summed E-state index contributed by atoms with van der Waals surface area (Å²) in [6, 6.07) is 9.44. The summed E-state index contributed by atoms with van der Waals surface area (Å²) in [7, 11) is 0. The number of amides is 2. The third kappa shape index (κ3) is 5.15. The Hall–Kier alpha value is -3.22. The first-order chi connectivity index (χ1) is 15.2. The average molecular weight is 436 g/mol. The Bertz CT molecular complexity index is 1100. The lowest BCUT2D eigenvalue weighted by molar-refractivity contribution is 0.0934. The number of fused-ring (bicyclic) bond motifs is 1. The van der Waals surface area contributed by atoms with Crippen LogP contribution < -0.4 is 10.6 Å². The molecule has 0 aliphatic heterocycles. The topological polar surface area (TPSA) is 88.9 Å². The van der Waals surface area contributed by atoms with Crippen LogP contribution >= 0.6 is 0 Å². The van der Waals surface area contributed by atoms with Gasteiger partial charge in [-0.2, -0.15) is 5.10 Å². The van der Waals surface area contributed by atoms with E-state index in [9.17, 15) is 9.59 Å². The number of aromatic nitrogens is 3. The Morgan fingerprint density at radius 2 is 1.72 bits per heavy atom. The van der Waals surface area contributed by atoms with Crippen LogP contribution in [-0.2, 0) is 6.54 Å². The molecule has 0 radical (unpaired) electrons. The van der Waals surface area contributed by atoms with Crippen molar-refractivity contribution in [3.63, 3.8) is 0 Å². The predicted octanol–water partition coefficient (Wildman–Crippen LogP) is 4.59. The number of carbonyl (C=O) groups is 2. The van der Waals surface area contributed by atoms with Crippen LogP contribution in [0.3, 0.4) is 0 Å². The number of benzene rings is 1. The first kappa shape index (κ1) is 23.4. The van der Waals surface area contributed by atoms with Gasteiger partial charge in [0.05, 0.1) is 17.1 Å². The number of carbonyl (C=O) groups excluding carboxylic acids is 2. The van der Waals surface area contributed by atoms with Crippen molar-refractivity contribution in [2.75, 3.05) is 0 Å². The molecule has 170 valence electrons. The predicted molar refractivity (Wildman–Crippen MR) is 127 cm³/mol. The minimum atomic E-state index is -0.166. The van der Waals surface area contributed by atoms with Gasteiger partial charge in [-0.05, 0) is 56.9 Å². The van der Waals surface area contributed by atoms with Crippen LogP contribution in [0, 0.1) is 0 Å². The lowest BCUT2D eigenvalue weighted by atomic mass is 10.0. The van der Waals surface area contributed by atoms with Crippen LogP contribution in [0.5, 0.6) is 0 Å². The van der Waals surface area contributed by atoms with E-state index < -0.39 is 0 Å². The Labute approximate surface area is 189 Å². The fourth-order valence-electron chi connectivity index (χ4n) is 3.36. The maximum Gasteiger partial charge on any atom is 0.252 e. The molecular formula is C25H33N5O2. The third-order valence-electron chi connectivity index (χ3n) is 5.57. The Morgan fingerprint density at radius 1 is 1.03 bits per heavy atom. The fraction of sp³-hybridized carbons (Fsp3) is 0.440. The molecule has 1 atom stereocenters. The highest BCUT2D eigenvalue weighted by atomic mass is 16.2. The molecule has 0 aliphatic carbocycles. The quantitative estimate of drug-likeness (QED) is 0.541. The van der Waals surface area contributed by atoms with Gasteiger partial charge < -0.3 is 10.6 Å². The zero-order valence-electron chi connectivity index (χ0n) is 19.8. The number of nitrogens with zero attached hydrogens (tertiary/aromatic N) is 3. The molecule has 0 saturated carbocycles. The molecule has 2 amide bonds. The molecule has 0 bridgehead atoms. The van der Waals surface area contributed by atoms with Crippen molar-refractivity contribution >= 4 is 22.8 Å². The smallest absolute Gasteiger partial charge is 0.252 e. The van der Waals surface area contributed by atoms with Crippen molar-refractivity contribution < 1.29 is 9.59 Å². The Balaban J connectivity index is 1.77. The molecule has 2 N–H and O–H groups in total. The zero-order valence-corrected chi connectivity index (χ0v) is 19.8. The van der Waals surface area contributed by atoms with E-state index in [2.05, 4.69) is 29.6 Å². The van der Waals surface area contributed by atoms with Gasteiger partial charge in [0.15, 0.2) is 5.65 Å². The standard InChI is InChI=1S/C25H33N5O2/c1-7-17(6)28-24(31)19-10-8-18(9-11-19)13-26-25(32)20-12-22(15(2)3)29-23-21(20)14-27-30(23)16(4)5/h8-12,14-17H,7,13H2,1-6H3,(H,26,32)(H,28,31)/t17-/m1/s1. The van der Waals surface area contributed by atoms with Gasteiger partial charge in [0.2, 0.25) is 0 Å². The summed E-state index contributed by atoms with van der Waals surface area (Å²) >= 11 is 0. The minimum Gasteiger partial charge on any atom is -0.350 e. The molecule has 0 fully saturated rings. The number of hydrogen-bond donors (Lipinski definition) is 2. The molecular weight excluding hydrogens is 402 g/mol. The lowest BCUT2D eigenvalue weighted by Gasteiger charge is -2.13. The van der Waals surface area contributed by atoms with E-state index in [0.717, 1.165) is 28.7 Å². The highest BCUT2D eigenvalue weighted by Crippen LogP contribution is 2.24. The molecule has 0 unspecified atom stereocenters. The van der Waals surface area contributed by atoms with E-state index in [-0.39, 0.29) is 29.8 Å². The maximum atomic E-state index is 13.1. The number of pyridine rings is 1. The minimum absolute atomic E-state index is 0.0857. The molecule has 1 aromatic carbocycles. The molecule has 2 aromatic heterocycles. The molecule has 7 heteroatoms. The number of rotatable bonds is 8. The number of hydrogen-bond acceptors (Lipinski definition) is 4. The van der Waals surface area contributed by atoms with Crippen LogP contribution in [0.1, 0.15) is 91.9 Å². The Kier molecular flexibility index (Phi) is 7.28. The highest BCUT2D eigenvalue weighted by Gasteiger charge is 2.19. The summed E-state index contributed by atoms with van der Waals surface area (Å²) in [4.78, 5) is 30.1. The van der Waals surface area contributed by atoms with Crippen molar-refractivity contribution in [1.82, 2.24) is 25.4 Å². The summed E-state index contributed by atoms with van der Waals surface area (Å²) in [5.41, 5.74) is 3.70. The van der Waals surface area contributed by atoms with Gasteiger partial charge in [-0.15, -0.1) is 0 Å². The van der Waals surface area contributed by atoms with Crippen molar-refractivity contribution in [2.45, 2.75) is 72.5 Å². The van der Waals surface area contributed by atoms with E-state index in [1.807, 2.05) is 50.6 Å².